The molecule has 0 rings (SSSR count). The van der Waals surface area contributed by atoms with Crippen molar-refractivity contribution in [1.29, 1.82) is 0 Å². The van der Waals surface area contributed by atoms with Gasteiger partial charge in [0.2, 0.25) is 5.91 Å². The third-order valence-corrected chi connectivity index (χ3v) is 2.03. The highest BCUT2D eigenvalue weighted by Gasteiger charge is 2.06. The van der Waals surface area contributed by atoms with Crippen LogP contribution in [0.15, 0.2) is 12.2 Å². The monoisotopic (exact) mass is 211 g/mol. The van der Waals surface area contributed by atoms with Crippen molar-refractivity contribution in [3.63, 3.8) is 0 Å². The zero-order valence-electron chi connectivity index (χ0n) is 10.7. The van der Waals surface area contributed by atoms with Crippen LogP contribution in [0, 0.1) is 11.8 Å². The van der Waals surface area contributed by atoms with Crippen molar-refractivity contribution in [2.75, 3.05) is 0 Å². The SMILES string of the molecule is CC(C)C/C=C\[C@@H](C)CC(=O)NC(C)C. The summed E-state index contributed by atoms with van der Waals surface area (Å²) >= 11 is 0. The van der Waals surface area contributed by atoms with Crippen LogP contribution < -0.4 is 5.32 Å². The van der Waals surface area contributed by atoms with Crippen LogP contribution in [0.4, 0.5) is 0 Å². The molecule has 0 aliphatic rings. The summed E-state index contributed by atoms with van der Waals surface area (Å²) in [6.45, 7) is 10.4. The van der Waals surface area contributed by atoms with Gasteiger partial charge < -0.3 is 5.32 Å². The lowest BCUT2D eigenvalue weighted by Gasteiger charge is -2.10. The maximum atomic E-state index is 11.4. The Bertz CT molecular complexity index is 207. The van der Waals surface area contributed by atoms with E-state index in [9.17, 15) is 4.79 Å². The second-order valence-electron chi connectivity index (χ2n) is 4.96. The third kappa shape index (κ3) is 9.51. The van der Waals surface area contributed by atoms with Gasteiger partial charge >= 0.3 is 0 Å². The molecule has 1 amide bonds. The molecule has 0 radical (unpaired) electrons. The Kier molecular flexibility index (Phi) is 7.10. The van der Waals surface area contributed by atoms with Gasteiger partial charge in [0, 0.05) is 12.5 Å². The minimum absolute atomic E-state index is 0.145. The highest BCUT2D eigenvalue weighted by atomic mass is 16.1. The molecule has 15 heavy (non-hydrogen) atoms. The van der Waals surface area contributed by atoms with Gasteiger partial charge in [-0.3, -0.25) is 4.79 Å². The molecule has 1 N–H and O–H groups in total. The molecule has 0 aromatic heterocycles. The normalized spacial score (nSPS) is 13.8. The number of carbonyl (C=O) groups is 1. The van der Waals surface area contributed by atoms with Crippen molar-refractivity contribution in [2.24, 2.45) is 11.8 Å². The molecule has 1 atom stereocenters. The molecule has 0 saturated carbocycles. The van der Waals surface area contributed by atoms with E-state index in [0.717, 1.165) is 6.42 Å². The van der Waals surface area contributed by atoms with Gasteiger partial charge in [-0.15, -0.1) is 0 Å². The summed E-state index contributed by atoms with van der Waals surface area (Å²) in [6.07, 6.45) is 6.00. The fraction of sp³-hybridized carbons (Fsp3) is 0.769. The van der Waals surface area contributed by atoms with Crippen LogP contribution in [-0.4, -0.2) is 11.9 Å². The fourth-order valence-electron chi connectivity index (χ4n) is 1.32. The van der Waals surface area contributed by atoms with E-state index in [1.807, 2.05) is 13.8 Å². The zero-order chi connectivity index (χ0) is 11.8. The summed E-state index contributed by atoms with van der Waals surface area (Å²) in [5.74, 6) is 1.17. The molecule has 0 aromatic carbocycles. The molecular formula is C13H25NO. The number of rotatable bonds is 6. The Morgan fingerprint density at radius 3 is 2.27 bits per heavy atom. The van der Waals surface area contributed by atoms with E-state index in [-0.39, 0.29) is 11.9 Å². The maximum Gasteiger partial charge on any atom is 0.220 e. The Hall–Kier alpha value is -0.790. The van der Waals surface area contributed by atoms with Gasteiger partial charge in [-0.05, 0) is 32.1 Å². The predicted octanol–water partition coefficient (Wildman–Crippen LogP) is 3.14. The van der Waals surface area contributed by atoms with E-state index in [0.29, 0.717) is 18.3 Å². The van der Waals surface area contributed by atoms with Gasteiger partial charge in [-0.1, -0.05) is 32.9 Å². The average Bonchev–Trinajstić information content (AvgIpc) is 2.00. The first kappa shape index (κ1) is 14.2. The van der Waals surface area contributed by atoms with Crippen LogP contribution in [0.3, 0.4) is 0 Å². The first-order valence-corrected chi connectivity index (χ1v) is 5.87. The smallest absolute Gasteiger partial charge is 0.220 e. The quantitative estimate of drug-likeness (QED) is 0.672. The van der Waals surface area contributed by atoms with Gasteiger partial charge in [0.15, 0.2) is 0 Å². The number of hydrogen-bond donors (Lipinski definition) is 1. The van der Waals surface area contributed by atoms with E-state index in [4.69, 9.17) is 0 Å². The molecule has 0 saturated heterocycles. The summed E-state index contributed by atoms with van der Waals surface area (Å²) in [4.78, 5) is 11.4. The van der Waals surface area contributed by atoms with Crippen molar-refractivity contribution in [3.8, 4) is 0 Å². The van der Waals surface area contributed by atoms with Crippen molar-refractivity contribution >= 4 is 5.91 Å². The van der Waals surface area contributed by atoms with Crippen molar-refractivity contribution in [2.45, 2.75) is 53.5 Å². The van der Waals surface area contributed by atoms with Crippen LogP contribution in [0.25, 0.3) is 0 Å². The summed E-state index contributed by atoms with van der Waals surface area (Å²) in [5, 5.41) is 2.90. The largest absolute Gasteiger partial charge is 0.354 e. The van der Waals surface area contributed by atoms with Crippen LogP contribution in [0.1, 0.15) is 47.5 Å². The second kappa shape index (κ2) is 7.49. The maximum absolute atomic E-state index is 11.4. The molecular weight excluding hydrogens is 186 g/mol. The third-order valence-electron chi connectivity index (χ3n) is 2.03. The first-order valence-electron chi connectivity index (χ1n) is 5.87. The van der Waals surface area contributed by atoms with E-state index >= 15 is 0 Å². The van der Waals surface area contributed by atoms with Gasteiger partial charge in [-0.25, -0.2) is 0 Å². The molecule has 2 heteroatoms. The van der Waals surface area contributed by atoms with Gasteiger partial charge in [0.25, 0.3) is 0 Å². The molecule has 0 aromatic rings. The van der Waals surface area contributed by atoms with Crippen LogP contribution in [0.2, 0.25) is 0 Å². The average molecular weight is 211 g/mol. The molecule has 0 spiro atoms. The Morgan fingerprint density at radius 2 is 1.80 bits per heavy atom. The van der Waals surface area contributed by atoms with E-state index < -0.39 is 0 Å². The Morgan fingerprint density at radius 1 is 1.20 bits per heavy atom. The van der Waals surface area contributed by atoms with Crippen LogP contribution in [0.5, 0.6) is 0 Å². The molecule has 0 fully saturated rings. The Balaban J connectivity index is 3.77. The van der Waals surface area contributed by atoms with Gasteiger partial charge in [-0.2, -0.15) is 0 Å². The predicted molar refractivity (Wildman–Crippen MR) is 65.7 cm³/mol. The molecule has 0 bridgehead atoms. The lowest BCUT2D eigenvalue weighted by atomic mass is 10.0. The summed E-state index contributed by atoms with van der Waals surface area (Å²) < 4.78 is 0. The number of nitrogens with one attached hydrogen (secondary N) is 1. The van der Waals surface area contributed by atoms with Crippen LogP contribution >= 0.6 is 0 Å². The highest BCUT2D eigenvalue weighted by Crippen LogP contribution is 2.07. The summed E-state index contributed by atoms with van der Waals surface area (Å²) in [7, 11) is 0. The molecule has 88 valence electrons. The summed E-state index contributed by atoms with van der Waals surface area (Å²) in [5.41, 5.74) is 0. The lowest BCUT2D eigenvalue weighted by Crippen LogP contribution is -2.30. The van der Waals surface area contributed by atoms with Crippen molar-refractivity contribution < 1.29 is 4.79 Å². The van der Waals surface area contributed by atoms with E-state index in [1.54, 1.807) is 0 Å². The van der Waals surface area contributed by atoms with Crippen molar-refractivity contribution in [1.82, 2.24) is 5.32 Å². The van der Waals surface area contributed by atoms with Crippen LogP contribution in [-0.2, 0) is 4.79 Å². The van der Waals surface area contributed by atoms with E-state index in [2.05, 4.69) is 38.2 Å². The fourth-order valence-corrected chi connectivity index (χ4v) is 1.32. The zero-order valence-corrected chi connectivity index (χ0v) is 10.7. The standard InChI is InChI=1S/C13H25NO/c1-10(2)7-6-8-12(5)9-13(15)14-11(3)4/h6,8,10-12H,7,9H2,1-5H3,(H,14,15)/b8-6-/t12-/m1/s1. The number of allylic oxidation sites excluding steroid dienone is 2. The molecule has 0 heterocycles. The molecule has 0 unspecified atom stereocenters. The number of carbonyl (C=O) groups excluding carboxylic acids is 1. The highest BCUT2D eigenvalue weighted by molar-refractivity contribution is 5.76. The minimum Gasteiger partial charge on any atom is -0.354 e. The lowest BCUT2D eigenvalue weighted by molar-refractivity contribution is -0.122. The number of hydrogen-bond acceptors (Lipinski definition) is 1. The van der Waals surface area contributed by atoms with Gasteiger partial charge in [0.1, 0.15) is 0 Å². The second-order valence-corrected chi connectivity index (χ2v) is 4.96. The van der Waals surface area contributed by atoms with E-state index in [1.165, 1.54) is 0 Å². The molecule has 0 aliphatic heterocycles. The van der Waals surface area contributed by atoms with Crippen molar-refractivity contribution in [3.05, 3.63) is 12.2 Å². The van der Waals surface area contributed by atoms with Gasteiger partial charge in [0.05, 0.1) is 0 Å². The summed E-state index contributed by atoms with van der Waals surface area (Å²) in [6, 6.07) is 0.240. The Labute approximate surface area is 94.1 Å². The molecule has 2 nitrogen and oxygen atoms in total. The minimum atomic E-state index is 0.145. The first-order chi connectivity index (χ1) is 6.91. The number of amides is 1. The molecule has 0 aliphatic carbocycles. The topological polar surface area (TPSA) is 29.1 Å².